The lowest BCUT2D eigenvalue weighted by molar-refractivity contribution is 0.247. The van der Waals surface area contributed by atoms with Gasteiger partial charge in [0.2, 0.25) is 0 Å². The van der Waals surface area contributed by atoms with Crippen molar-refractivity contribution in [2.24, 2.45) is 7.05 Å². The van der Waals surface area contributed by atoms with E-state index in [1.165, 1.54) is 0 Å². The van der Waals surface area contributed by atoms with Gasteiger partial charge in [-0.25, -0.2) is 4.39 Å². The Hall–Kier alpha value is -1.43. The number of hydrogen-bond donors (Lipinski definition) is 1. The van der Waals surface area contributed by atoms with Gasteiger partial charge in [0.1, 0.15) is 5.82 Å². The first kappa shape index (κ1) is 16.4. The molecule has 1 aliphatic rings. The molecule has 23 heavy (non-hydrogen) atoms. The molecule has 2 aromatic rings. The Morgan fingerprint density at radius 2 is 2.22 bits per heavy atom. The highest BCUT2D eigenvalue weighted by molar-refractivity contribution is 6.30. The van der Waals surface area contributed by atoms with Crippen molar-refractivity contribution in [3.05, 3.63) is 52.6 Å². The summed E-state index contributed by atoms with van der Waals surface area (Å²) in [4.78, 5) is 2.37. The molecule has 2 heterocycles. The fourth-order valence-electron chi connectivity index (χ4n) is 3.36. The number of likely N-dealkylation sites (N-methyl/N-ethyl adjacent to an activating group) is 1. The summed E-state index contributed by atoms with van der Waals surface area (Å²) in [5.74, 6) is -0.351. The molecule has 0 bridgehead atoms. The maximum Gasteiger partial charge on any atom is 0.142 e. The van der Waals surface area contributed by atoms with Gasteiger partial charge in [-0.15, -0.1) is 0 Å². The van der Waals surface area contributed by atoms with Gasteiger partial charge in [-0.2, -0.15) is 5.10 Å². The van der Waals surface area contributed by atoms with Crippen LogP contribution < -0.4 is 5.32 Å². The number of hydrogen-bond acceptors (Lipinski definition) is 3. The van der Waals surface area contributed by atoms with E-state index in [1.54, 1.807) is 16.8 Å². The maximum atomic E-state index is 13.9. The van der Waals surface area contributed by atoms with Crippen molar-refractivity contribution in [1.29, 1.82) is 0 Å². The van der Waals surface area contributed by atoms with Crippen molar-refractivity contribution in [2.45, 2.75) is 32.0 Å². The largest absolute Gasteiger partial charge is 0.306 e. The van der Waals surface area contributed by atoms with Crippen molar-refractivity contribution >= 4 is 11.6 Å². The first-order valence-corrected chi connectivity index (χ1v) is 8.37. The second-order valence-electron chi connectivity index (χ2n) is 6.00. The SMILES string of the molecule is CCN1CC[C@@H](NCc2ccn(C)n2)[C@@H]1c1ccc(Cl)c(F)c1. The van der Waals surface area contributed by atoms with Crippen molar-refractivity contribution in [3.63, 3.8) is 0 Å². The number of rotatable bonds is 5. The molecule has 1 N–H and O–H groups in total. The molecular formula is C17H22ClFN4. The zero-order chi connectivity index (χ0) is 16.4. The number of likely N-dealkylation sites (tertiary alicyclic amines) is 1. The molecule has 124 valence electrons. The van der Waals surface area contributed by atoms with Crippen molar-refractivity contribution in [1.82, 2.24) is 20.0 Å². The fourth-order valence-corrected chi connectivity index (χ4v) is 3.47. The van der Waals surface area contributed by atoms with Crippen LogP contribution in [0.25, 0.3) is 0 Å². The molecule has 0 aliphatic carbocycles. The quantitative estimate of drug-likeness (QED) is 0.910. The number of nitrogens with one attached hydrogen (secondary N) is 1. The molecular weight excluding hydrogens is 315 g/mol. The molecule has 0 unspecified atom stereocenters. The molecule has 0 saturated carbocycles. The molecule has 0 amide bonds. The van der Waals surface area contributed by atoms with Crippen LogP contribution in [-0.4, -0.2) is 33.8 Å². The van der Waals surface area contributed by atoms with Crippen LogP contribution in [0.15, 0.2) is 30.5 Å². The van der Waals surface area contributed by atoms with Crippen LogP contribution in [0.4, 0.5) is 4.39 Å². The average molecular weight is 337 g/mol. The zero-order valence-corrected chi connectivity index (χ0v) is 14.2. The summed E-state index contributed by atoms with van der Waals surface area (Å²) < 4.78 is 15.7. The summed E-state index contributed by atoms with van der Waals surface area (Å²) in [6.45, 7) is 4.80. The molecule has 2 atom stereocenters. The van der Waals surface area contributed by atoms with Crippen molar-refractivity contribution in [2.75, 3.05) is 13.1 Å². The summed E-state index contributed by atoms with van der Waals surface area (Å²) in [7, 11) is 1.91. The summed E-state index contributed by atoms with van der Waals surface area (Å²) in [5, 5.41) is 8.16. The monoisotopic (exact) mass is 336 g/mol. The van der Waals surface area contributed by atoms with Gasteiger partial charge in [-0.1, -0.05) is 24.6 Å². The highest BCUT2D eigenvalue weighted by Gasteiger charge is 2.34. The van der Waals surface area contributed by atoms with Crippen LogP contribution in [0.1, 0.15) is 30.6 Å². The number of aryl methyl sites for hydroxylation is 1. The van der Waals surface area contributed by atoms with Crippen LogP contribution in [0, 0.1) is 5.82 Å². The smallest absolute Gasteiger partial charge is 0.142 e. The zero-order valence-electron chi connectivity index (χ0n) is 13.5. The van der Waals surface area contributed by atoms with E-state index in [4.69, 9.17) is 11.6 Å². The molecule has 0 radical (unpaired) electrons. The third-order valence-electron chi connectivity index (χ3n) is 4.51. The minimum absolute atomic E-state index is 0.162. The van der Waals surface area contributed by atoms with Crippen molar-refractivity contribution < 1.29 is 4.39 Å². The van der Waals surface area contributed by atoms with Crippen LogP contribution in [0.5, 0.6) is 0 Å². The molecule has 0 spiro atoms. The second kappa shape index (κ2) is 6.99. The molecule has 1 saturated heterocycles. The Balaban J connectivity index is 1.76. The first-order valence-electron chi connectivity index (χ1n) is 7.99. The normalized spacial score (nSPS) is 21.9. The number of nitrogens with zero attached hydrogens (tertiary/aromatic N) is 3. The van der Waals surface area contributed by atoms with Gasteiger partial charge >= 0.3 is 0 Å². The third kappa shape index (κ3) is 3.57. The van der Waals surface area contributed by atoms with Gasteiger partial charge in [0.05, 0.1) is 16.8 Å². The summed E-state index contributed by atoms with van der Waals surface area (Å²) >= 11 is 5.82. The Morgan fingerprint density at radius 3 is 2.87 bits per heavy atom. The average Bonchev–Trinajstić information content (AvgIpc) is 3.13. The predicted molar refractivity (Wildman–Crippen MR) is 89.9 cm³/mol. The van der Waals surface area contributed by atoms with Crippen LogP contribution in [-0.2, 0) is 13.6 Å². The Kier molecular flexibility index (Phi) is 4.99. The number of aromatic nitrogens is 2. The maximum absolute atomic E-state index is 13.9. The minimum Gasteiger partial charge on any atom is -0.306 e. The van der Waals surface area contributed by atoms with E-state index < -0.39 is 0 Å². The van der Waals surface area contributed by atoms with Gasteiger partial charge in [-0.05, 0) is 36.7 Å². The van der Waals surface area contributed by atoms with E-state index in [1.807, 2.05) is 25.4 Å². The standard InChI is InChI=1S/C17H22ClFN4/c1-3-23-9-7-16(20-11-13-6-8-22(2)21-13)17(23)12-4-5-14(18)15(19)10-12/h4-6,8,10,16-17,20H,3,7,9,11H2,1-2H3/t16-,17+/m1/s1. The molecule has 4 nitrogen and oxygen atoms in total. The molecule has 1 aromatic heterocycles. The highest BCUT2D eigenvalue weighted by atomic mass is 35.5. The topological polar surface area (TPSA) is 33.1 Å². The van der Waals surface area contributed by atoms with Crippen molar-refractivity contribution in [3.8, 4) is 0 Å². The van der Waals surface area contributed by atoms with Gasteiger partial charge in [0.25, 0.3) is 0 Å². The van der Waals surface area contributed by atoms with Gasteiger partial charge in [0.15, 0.2) is 0 Å². The minimum atomic E-state index is -0.351. The first-order chi connectivity index (χ1) is 11.1. The van der Waals surface area contributed by atoms with Crippen LogP contribution in [0.2, 0.25) is 5.02 Å². The Bertz CT molecular complexity index is 672. The summed E-state index contributed by atoms with van der Waals surface area (Å²) in [6.07, 6.45) is 2.98. The molecule has 3 rings (SSSR count). The van der Waals surface area contributed by atoms with E-state index in [2.05, 4.69) is 22.2 Å². The number of halogens is 2. The fraction of sp³-hybridized carbons (Fsp3) is 0.471. The van der Waals surface area contributed by atoms with E-state index in [-0.39, 0.29) is 22.9 Å². The van der Waals surface area contributed by atoms with Gasteiger partial charge in [-0.3, -0.25) is 9.58 Å². The van der Waals surface area contributed by atoms with E-state index in [0.29, 0.717) is 0 Å². The Labute approximate surface area is 141 Å². The van der Waals surface area contributed by atoms with E-state index >= 15 is 0 Å². The van der Waals surface area contributed by atoms with E-state index in [9.17, 15) is 4.39 Å². The van der Waals surface area contributed by atoms with Gasteiger partial charge in [0, 0.05) is 32.4 Å². The summed E-state index contributed by atoms with van der Waals surface area (Å²) in [5.41, 5.74) is 1.99. The molecule has 1 aromatic carbocycles. The van der Waals surface area contributed by atoms with Crippen LogP contribution in [0.3, 0.4) is 0 Å². The Morgan fingerprint density at radius 1 is 1.39 bits per heavy atom. The van der Waals surface area contributed by atoms with E-state index in [0.717, 1.165) is 37.3 Å². The lowest BCUT2D eigenvalue weighted by Crippen LogP contribution is -2.36. The third-order valence-corrected chi connectivity index (χ3v) is 4.81. The summed E-state index contributed by atoms with van der Waals surface area (Å²) in [6, 6.07) is 7.59. The lowest BCUT2D eigenvalue weighted by atomic mass is 9.99. The molecule has 1 fully saturated rings. The van der Waals surface area contributed by atoms with Crippen LogP contribution >= 0.6 is 11.6 Å². The lowest BCUT2D eigenvalue weighted by Gasteiger charge is -2.28. The molecule has 6 heteroatoms. The second-order valence-corrected chi connectivity index (χ2v) is 6.41. The van der Waals surface area contributed by atoms with Gasteiger partial charge < -0.3 is 5.32 Å². The number of benzene rings is 1. The molecule has 1 aliphatic heterocycles. The predicted octanol–water partition coefficient (Wildman–Crippen LogP) is 3.14. The highest BCUT2D eigenvalue weighted by Crippen LogP contribution is 2.33.